The van der Waals surface area contributed by atoms with Crippen LogP contribution in [0.4, 0.5) is 10.2 Å². The van der Waals surface area contributed by atoms with Gasteiger partial charge >= 0.3 is 0 Å². The number of pyridine rings is 1. The van der Waals surface area contributed by atoms with Crippen molar-refractivity contribution in [2.45, 2.75) is 31.5 Å². The van der Waals surface area contributed by atoms with Gasteiger partial charge in [-0.1, -0.05) is 0 Å². The van der Waals surface area contributed by atoms with Crippen LogP contribution >= 0.6 is 0 Å². The molecule has 3 saturated carbocycles. The van der Waals surface area contributed by atoms with E-state index in [0.717, 1.165) is 17.6 Å². The third-order valence-corrected chi connectivity index (χ3v) is 4.07. The van der Waals surface area contributed by atoms with Crippen LogP contribution in [0.15, 0.2) is 18.3 Å². The Morgan fingerprint density at radius 2 is 2.12 bits per heavy atom. The second-order valence-electron chi connectivity index (χ2n) is 5.63. The molecule has 4 nitrogen and oxygen atoms in total. The maximum absolute atomic E-state index is 13.5. The van der Waals surface area contributed by atoms with Gasteiger partial charge in [-0.05, 0) is 36.8 Å². The molecule has 2 bridgehead atoms. The summed E-state index contributed by atoms with van der Waals surface area (Å²) in [5.74, 6) is 0.499. The Balaban J connectivity index is 1.70. The van der Waals surface area contributed by atoms with Crippen molar-refractivity contribution < 1.29 is 4.39 Å². The highest BCUT2D eigenvalue weighted by Gasteiger charge is 2.69. The first-order valence-electron chi connectivity index (χ1n) is 5.85. The Kier molecular flexibility index (Phi) is 1.44. The molecule has 0 atom stereocenters. The number of rotatable bonds is 2. The summed E-state index contributed by atoms with van der Waals surface area (Å²) in [7, 11) is 0. The van der Waals surface area contributed by atoms with E-state index in [1.165, 1.54) is 0 Å². The zero-order chi connectivity index (χ0) is 11.7. The molecule has 3 fully saturated rings. The zero-order valence-electron chi connectivity index (χ0n) is 9.36. The van der Waals surface area contributed by atoms with Gasteiger partial charge < -0.3 is 5.73 Å². The summed E-state index contributed by atoms with van der Waals surface area (Å²) in [5.41, 5.74) is 5.78. The third kappa shape index (κ3) is 1.16. The number of nitrogens with zero attached hydrogens (tertiary/aromatic N) is 3. The summed E-state index contributed by atoms with van der Waals surface area (Å²) in [6, 6.07) is 3.69. The molecule has 2 aromatic rings. The van der Waals surface area contributed by atoms with E-state index in [1.807, 2.05) is 10.7 Å². The first-order valence-corrected chi connectivity index (χ1v) is 5.85. The summed E-state index contributed by atoms with van der Waals surface area (Å²) < 4.78 is 15.3. The van der Waals surface area contributed by atoms with Crippen molar-refractivity contribution in [1.29, 1.82) is 0 Å². The van der Waals surface area contributed by atoms with Gasteiger partial charge in [0, 0.05) is 11.9 Å². The van der Waals surface area contributed by atoms with Crippen LogP contribution in [0.5, 0.6) is 0 Å². The summed E-state index contributed by atoms with van der Waals surface area (Å²) in [6.45, 7) is 0.763. The number of aromatic nitrogens is 3. The smallest absolute Gasteiger partial charge is 0.160 e. The highest BCUT2D eigenvalue weighted by atomic mass is 19.1. The fourth-order valence-corrected chi connectivity index (χ4v) is 3.43. The lowest BCUT2D eigenvalue weighted by Gasteiger charge is -2.65. The molecule has 3 aliphatic carbocycles. The predicted octanol–water partition coefficient (Wildman–Crippen LogP) is 1.91. The minimum absolute atomic E-state index is 0.139. The molecule has 2 heterocycles. The summed E-state index contributed by atoms with van der Waals surface area (Å²) in [4.78, 5) is 4.30. The SMILES string of the molecule is Nc1ccc2cnn(CC34CC(F)(C3)C4)c2n1. The van der Waals surface area contributed by atoms with Gasteiger partial charge in [0.05, 0.1) is 6.20 Å². The molecule has 0 spiro atoms. The van der Waals surface area contributed by atoms with Crippen LogP contribution in [0.2, 0.25) is 0 Å². The number of nitrogen functional groups attached to an aromatic ring is 1. The molecular weight excluding hydrogens is 219 g/mol. The van der Waals surface area contributed by atoms with Crippen molar-refractivity contribution in [3.8, 4) is 0 Å². The normalized spacial score (nSPS) is 34.4. The Hall–Kier alpha value is -1.65. The molecule has 0 aliphatic heterocycles. The molecule has 0 amide bonds. The van der Waals surface area contributed by atoms with Gasteiger partial charge in [-0.15, -0.1) is 0 Å². The Morgan fingerprint density at radius 1 is 1.35 bits per heavy atom. The van der Waals surface area contributed by atoms with Crippen LogP contribution < -0.4 is 5.73 Å². The molecule has 17 heavy (non-hydrogen) atoms. The number of fused-ring (bicyclic) bond motifs is 1. The van der Waals surface area contributed by atoms with Gasteiger partial charge in [0.2, 0.25) is 0 Å². The molecule has 0 saturated heterocycles. The molecule has 0 radical (unpaired) electrons. The lowest BCUT2D eigenvalue weighted by molar-refractivity contribution is -0.220. The first-order chi connectivity index (χ1) is 8.08. The van der Waals surface area contributed by atoms with Gasteiger partial charge in [0.25, 0.3) is 0 Å². The quantitative estimate of drug-likeness (QED) is 0.860. The van der Waals surface area contributed by atoms with E-state index in [2.05, 4.69) is 10.1 Å². The number of hydrogen-bond donors (Lipinski definition) is 1. The molecule has 0 unspecified atom stereocenters. The lowest BCUT2D eigenvalue weighted by atomic mass is 9.42. The van der Waals surface area contributed by atoms with E-state index in [-0.39, 0.29) is 5.41 Å². The lowest BCUT2D eigenvalue weighted by Crippen LogP contribution is -2.65. The molecule has 88 valence electrons. The van der Waals surface area contributed by atoms with E-state index in [1.54, 1.807) is 12.3 Å². The summed E-state index contributed by atoms with van der Waals surface area (Å²) in [5, 5.41) is 5.31. The number of alkyl halides is 1. The highest BCUT2D eigenvalue weighted by molar-refractivity contribution is 5.76. The number of anilines is 1. The van der Waals surface area contributed by atoms with Crippen LogP contribution in [0.1, 0.15) is 19.3 Å². The van der Waals surface area contributed by atoms with Crippen LogP contribution in [-0.2, 0) is 6.54 Å². The molecule has 5 rings (SSSR count). The molecule has 3 aliphatic rings. The fourth-order valence-electron chi connectivity index (χ4n) is 3.43. The number of nitrogens with two attached hydrogens (primary N) is 1. The first kappa shape index (κ1) is 9.39. The standard InChI is InChI=1S/C12H13FN4/c13-12-4-11(5-12,6-12)7-17-10-8(3-15-17)1-2-9(14)16-10/h1-3H,4-7H2,(H2,14,16). The second kappa shape index (κ2) is 2.60. The maximum atomic E-state index is 13.5. The highest BCUT2D eigenvalue weighted by Crippen LogP contribution is 2.70. The third-order valence-electron chi connectivity index (χ3n) is 4.07. The molecule has 0 aromatic carbocycles. The van der Waals surface area contributed by atoms with Gasteiger partial charge in [-0.2, -0.15) is 5.10 Å². The van der Waals surface area contributed by atoms with E-state index in [0.29, 0.717) is 25.1 Å². The number of halogens is 1. The molecular formula is C12H13FN4. The van der Waals surface area contributed by atoms with Gasteiger partial charge in [0.1, 0.15) is 11.5 Å². The van der Waals surface area contributed by atoms with Gasteiger partial charge in [-0.3, -0.25) is 0 Å². The Morgan fingerprint density at radius 3 is 2.82 bits per heavy atom. The second-order valence-corrected chi connectivity index (χ2v) is 5.63. The zero-order valence-corrected chi connectivity index (χ0v) is 9.36. The van der Waals surface area contributed by atoms with Crippen molar-refractivity contribution in [2.24, 2.45) is 5.41 Å². The average molecular weight is 232 g/mol. The van der Waals surface area contributed by atoms with Crippen molar-refractivity contribution in [3.05, 3.63) is 18.3 Å². The fraction of sp³-hybridized carbons (Fsp3) is 0.500. The number of hydrogen-bond acceptors (Lipinski definition) is 3. The molecule has 5 heteroatoms. The van der Waals surface area contributed by atoms with Crippen molar-refractivity contribution in [2.75, 3.05) is 5.73 Å². The maximum Gasteiger partial charge on any atom is 0.160 e. The van der Waals surface area contributed by atoms with Gasteiger partial charge in [0.15, 0.2) is 5.65 Å². The topological polar surface area (TPSA) is 56.7 Å². The van der Waals surface area contributed by atoms with E-state index in [4.69, 9.17) is 5.73 Å². The minimum atomic E-state index is -0.852. The Labute approximate surface area is 97.6 Å². The largest absolute Gasteiger partial charge is 0.384 e. The average Bonchev–Trinajstić information content (AvgIpc) is 2.57. The predicted molar refractivity (Wildman–Crippen MR) is 62.1 cm³/mol. The van der Waals surface area contributed by atoms with Crippen molar-refractivity contribution >= 4 is 16.9 Å². The molecule has 2 N–H and O–H groups in total. The van der Waals surface area contributed by atoms with Crippen molar-refractivity contribution in [1.82, 2.24) is 14.8 Å². The van der Waals surface area contributed by atoms with Crippen molar-refractivity contribution in [3.63, 3.8) is 0 Å². The Bertz CT molecular complexity index is 598. The van der Waals surface area contributed by atoms with E-state index >= 15 is 0 Å². The van der Waals surface area contributed by atoms with Crippen LogP contribution in [0.25, 0.3) is 11.0 Å². The van der Waals surface area contributed by atoms with E-state index < -0.39 is 5.67 Å². The van der Waals surface area contributed by atoms with Crippen LogP contribution in [-0.4, -0.2) is 20.4 Å². The monoisotopic (exact) mass is 232 g/mol. The molecule has 2 aromatic heterocycles. The minimum Gasteiger partial charge on any atom is -0.384 e. The summed E-state index contributed by atoms with van der Waals surface area (Å²) >= 11 is 0. The van der Waals surface area contributed by atoms with Crippen LogP contribution in [0.3, 0.4) is 0 Å². The van der Waals surface area contributed by atoms with Crippen LogP contribution in [0, 0.1) is 5.41 Å². The van der Waals surface area contributed by atoms with Gasteiger partial charge in [-0.25, -0.2) is 14.1 Å². The summed E-state index contributed by atoms with van der Waals surface area (Å²) in [6.07, 6.45) is 3.84. The van der Waals surface area contributed by atoms with E-state index in [9.17, 15) is 4.39 Å².